The molecule has 0 aromatic carbocycles. The Morgan fingerprint density at radius 3 is 2.74 bits per heavy atom. The first-order chi connectivity index (χ1) is 10.9. The molecule has 124 valence electrons. The van der Waals surface area contributed by atoms with Gasteiger partial charge in [-0.05, 0) is 25.8 Å². The Kier molecular flexibility index (Phi) is 4.17. The minimum atomic E-state index is -3.47. The highest BCUT2D eigenvalue weighted by Gasteiger charge is 2.37. The van der Waals surface area contributed by atoms with E-state index in [2.05, 4.69) is 20.2 Å². The van der Waals surface area contributed by atoms with E-state index in [1.54, 1.807) is 26.5 Å². The molecule has 8 nitrogen and oxygen atoms in total. The molecule has 0 spiro atoms. The largest absolute Gasteiger partial charge is 0.282 e. The van der Waals surface area contributed by atoms with E-state index >= 15 is 0 Å². The van der Waals surface area contributed by atoms with Crippen LogP contribution in [0.15, 0.2) is 18.5 Å². The first kappa shape index (κ1) is 16.0. The van der Waals surface area contributed by atoms with Crippen LogP contribution in [0.2, 0.25) is 0 Å². The van der Waals surface area contributed by atoms with E-state index in [0.717, 1.165) is 18.5 Å². The lowest BCUT2D eigenvalue weighted by Crippen LogP contribution is -2.39. The summed E-state index contributed by atoms with van der Waals surface area (Å²) in [5, 5.41) is 7.06. The second-order valence-corrected chi connectivity index (χ2v) is 7.92. The highest BCUT2D eigenvalue weighted by molar-refractivity contribution is 7.86. The summed E-state index contributed by atoms with van der Waals surface area (Å²) in [6.45, 7) is 2.41. The fraction of sp³-hybridized carbons (Fsp3) is 0.500. The van der Waals surface area contributed by atoms with Crippen molar-refractivity contribution >= 4 is 10.2 Å². The maximum atomic E-state index is 12.5. The predicted molar refractivity (Wildman–Crippen MR) is 85.6 cm³/mol. The molecule has 0 amide bonds. The molecule has 1 saturated heterocycles. The minimum absolute atomic E-state index is 0.283. The van der Waals surface area contributed by atoms with E-state index < -0.39 is 10.2 Å². The van der Waals surface area contributed by atoms with Crippen molar-refractivity contribution in [2.24, 2.45) is 0 Å². The van der Waals surface area contributed by atoms with Crippen LogP contribution in [0.4, 0.5) is 0 Å². The summed E-state index contributed by atoms with van der Waals surface area (Å²) >= 11 is 0. The summed E-state index contributed by atoms with van der Waals surface area (Å²) in [6.07, 6.45) is 4.83. The third-order valence-corrected chi connectivity index (χ3v) is 5.88. The molecule has 1 fully saturated rings. The number of hydrogen-bond donors (Lipinski definition) is 1. The van der Waals surface area contributed by atoms with E-state index in [9.17, 15) is 8.42 Å². The summed E-state index contributed by atoms with van der Waals surface area (Å²) in [5.41, 5.74) is 2.94. The zero-order chi connectivity index (χ0) is 16.6. The van der Waals surface area contributed by atoms with Gasteiger partial charge in [-0.1, -0.05) is 0 Å². The van der Waals surface area contributed by atoms with Gasteiger partial charge in [-0.15, -0.1) is 0 Å². The maximum absolute atomic E-state index is 12.5. The number of nitrogens with one attached hydrogen (secondary N) is 1. The van der Waals surface area contributed by atoms with Crippen molar-refractivity contribution < 1.29 is 8.42 Å². The molecule has 0 bridgehead atoms. The summed E-state index contributed by atoms with van der Waals surface area (Å²) in [7, 11) is -0.388. The molecule has 3 heterocycles. The highest BCUT2D eigenvalue weighted by atomic mass is 32.2. The molecule has 0 aliphatic carbocycles. The third-order valence-electron chi connectivity index (χ3n) is 3.92. The average molecular weight is 336 g/mol. The number of aromatic nitrogens is 4. The Balaban J connectivity index is 1.95. The quantitative estimate of drug-likeness (QED) is 0.903. The van der Waals surface area contributed by atoms with Crippen LogP contribution in [0, 0.1) is 6.92 Å². The van der Waals surface area contributed by atoms with Crippen molar-refractivity contribution in [3.05, 3.63) is 29.8 Å². The molecule has 1 N–H and O–H groups in total. The molecule has 1 atom stereocenters. The van der Waals surface area contributed by atoms with Crippen molar-refractivity contribution in [2.45, 2.75) is 25.8 Å². The van der Waals surface area contributed by atoms with Crippen molar-refractivity contribution in [2.75, 3.05) is 20.6 Å². The Hall–Kier alpha value is -1.84. The van der Waals surface area contributed by atoms with Gasteiger partial charge >= 0.3 is 0 Å². The Morgan fingerprint density at radius 1 is 1.30 bits per heavy atom. The van der Waals surface area contributed by atoms with Crippen LogP contribution in [-0.2, 0) is 10.2 Å². The van der Waals surface area contributed by atoms with Gasteiger partial charge in [-0.2, -0.15) is 22.1 Å². The van der Waals surface area contributed by atoms with Gasteiger partial charge in [0.15, 0.2) is 0 Å². The Morgan fingerprint density at radius 2 is 2.09 bits per heavy atom. The van der Waals surface area contributed by atoms with E-state index in [-0.39, 0.29) is 6.04 Å². The van der Waals surface area contributed by atoms with Gasteiger partial charge in [0, 0.05) is 26.3 Å². The first-order valence-electron chi connectivity index (χ1n) is 7.43. The molecule has 0 saturated carbocycles. The van der Waals surface area contributed by atoms with Gasteiger partial charge in [0.1, 0.15) is 11.4 Å². The molecule has 3 rings (SSSR count). The molecule has 0 radical (unpaired) electrons. The second kappa shape index (κ2) is 5.99. The topological polar surface area (TPSA) is 95.1 Å². The SMILES string of the molecule is Cc1cc(-c2cncc(C3CCCN3S(=O)(=O)N(C)C)n2)n[nH]1. The smallest absolute Gasteiger partial charge is 0.282 e. The van der Waals surface area contributed by atoms with E-state index in [4.69, 9.17) is 0 Å². The lowest BCUT2D eigenvalue weighted by atomic mass is 10.1. The number of rotatable bonds is 4. The van der Waals surface area contributed by atoms with Crippen LogP contribution < -0.4 is 0 Å². The molecule has 9 heteroatoms. The number of aromatic amines is 1. The van der Waals surface area contributed by atoms with Gasteiger partial charge in [-0.25, -0.2) is 4.98 Å². The summed E-state index contributed by atoms with van der Waals surface area (Å²) < 4.78 is 27.7. The zero-order valence-corrected chi connectivity index (χ0v) is 14.2. The van der Waals surface area contributed by atoms with Gasteiger partial charge in [0.25, 0.3) is 10.2 Å². The molecule has 1 unspecified atom stereocenters. The van der Waals surface area contributed by atoms with Crippen LogP contribution in [0.25, 0.3) is 11.4 Å². The van der Waals surface area contributed by atoms with Crippen molar-refractivity contribution in [3.8, 4) is 11.4 Å². The number of nitrogens with zero attached hydrogens (tertiary/aromatic N) is 5. The summed E-state index contributed by atoms with van der Waals surface area (Å²) in [4.78, 5) is 8.82. The Bertz CT molecular complexity index is 801. The molecular formula is C14H20N6O2S. The van der Waals surface area contributed by atoms with Crippen molar-refractivity contribution in [1.82, 2.24) is 28.8 Å². The van der Waals surface area contributed by atoms with Crippen LogP contribution in [0.1, 0.15) is 30.3 Å². The number of hydrogen-bond acceptors (Lipinski definition) is 5. The van der Waals surface area contributed by atoms with Crippen molar-refractivity contribution in [3.63, 3.8) is 0 Å². The van der Waals surface area contributed by atoms with Gasteiger partial charge < -0.3 is 0 Å². The molecule has 1 aliphatic heterocycles. The third kappa shape index (κ3) is 2.99. The van der Waals surface area contributed by atoms with Gasteiger partial charge in [-0.3, -0.25) is 10.1 Å². The number of aryl methyl sites for hydroxylation is 1. The molecule has 1 aliphatic rings. The van der Waals surface area contributed by atoms with Crippen LogP contribution in [0.5, 0.6) is 0 Å². The van der Waals surface area contributed by atoms with Gasteiger partial charge in [0.05, 0.1) is 24.1 Å². The highest BCUT2D eigenvalue weighted by Crippen LogP contribution is 2.34. The van der Waals surface area contributed by atoms with Crippen LogP contribution >= 0.6 is 0 Å². The molecular weight excluding hydrogens is 316 g/mol. The minimum Gasteiger partial charge on any atom is -0.282 e. The van der Waals surface area contributed by atoms with E-state index in [1.807, 2.05) is 13.0 Å². The molecule has 23 heavy (non-hydrogen) atoms. The lowest BCUT2D eigenvalue weighted by Gasteiger charge is -2.26. The van der Waals surface area contributed by atoms with Gasteiger partial charge in [0.2, 0.25) is 0 Å². The first-order valence-corrected chi connectivity index (χ1v) is 8.83. The fourth-order valence-electron chi connectivity index (χ4n) is 2.74. The fourth-order valence-corrected chi connectivity index (χ4v) is 4.05. The monoisotopic (exact) mass is 336 g/mol. The molecule has 2 aromatic rings. The van der Waals surface area contributed by atoms with Crippen LogP contribution in [-0.4, -0.2) is 57.8 Å². The standard InChI is InChI=1S/C14H20N6O2S/c1-10-7-11(18-17-10)12-8-15-9-13(16-12)14-5-4-6-20(14)23(21,22)19(2)3/h7-9,14H,4-6H2,1-3H3,(H,17,18). The van der Waals surface area contributed by atoms with E-state index in [1.165, 1.54) is 8.61 Å². The Labute approximate surface area is 135 Å². The summed E-state index contributed by atoms with van der Waals surface area (Å²) in [5.74, 6) is 0. The van der Waals surface area contributed by atoms with E-state index in [0.29, 0.717) is 23.6 Å². The predicted octanol–water partition coefficient (Wildman–Crippen LogP) is 1.12. The zero-order valence-electron chi connectivity index (χ0n) is 13.4. The lowest BCUT2D eigenvalue weighted by molar-refractivity contribution is 0.357. The van der Waals surface area contributed by atoms with Crippen LogP contribution in [0.3, 0.4) is 0 Å². The maximum Gasteiger partial charge on any atom is 0.282 e. The van der Waals surface area contributed by atoms with Crippen molar-refractivity contribution in [1.29, 1.82) is 0 Å². The summed E-state index contributed by atoms with van der Waals surface area (Å²) in [6, 6.07) is 1.60. The number of H-pyrrole nitrogens is 1. The second-order valence-electron chi connectivity index (χ2n) is 5.82. The average Bonchev–Trinajstić information content (AvgIpc) is 3.16. The molecule has 2 aromatic heterocycles. The normalized spacial score (nSPS) is 19.6.